The van der Waals surface area contributed by atoms with E-state index in [0.29, 0.717) is 40.4 Å². The van der Waals surface area contributed by atoms with Gasteiger partial charge in [-0.3, -0.25) is 4.72 Å². The molecule has 0 saturated carbocycles. The monoisotopic (exact) mass is 487 g/mol. The molecular weight excluding hydrogens is 462 g/mol. The average molecular weight is 488 g/mol. The number of para-hydroxylation sites is 2. The lowest BCUT2D eigenvalue weighted by Gasteiger charge is -2.19. The number of methoxy groups -OCH3 is 2. The largest absolute Gasteiger partial charge is 0.497 e. The summed E-state index contributed by atoms with van der Waals surface area (Å²) in [6.07, 6.45) is 0.226. The number of benzene rings is 2. The number of ether oxygens (including phenoxy) is 3. The molecule has 0 saturated heterocycles. The van der Waals surface area contributed by atoms with Crippen molar-refractivity contribution < 1.29 is 27.7 Å². The first-order valence-corrected chi connectivity index (χ1v) is 12.0. The van der Waals surface area contributed by atoms with Crippen molar-refractivity contribution in [2.45, 2.75) is 12.8 Å². The van der Waals surface area contributed by atoms with Crippen LogP contribution in [0.1, 0.15) is 12.8 Å². The van der Waals surface area contributed by atoms with E-state index >= 15 is 0 Å². The number of sulfonamides is 1. The van der Waals surface area contributed by atoms with Crippen molar-refractivity contribution in [3.05, 3.63) is 36.4 Å². The van der Waals surface area contributed by atoms with Gasteiger partial charge in [-0.1, -0.05) is 12.1 Å². The third-order valence-corrected chi connectivity index (χ3v) is 5.84. The predicted octanol–water partition coefficient (Wildman–Crippen LogP) is 2.81. The summed E-state index contributed by atoms with van der Waals surface area (Å²) in [4.78, 5) is 8.96. The van der Waals surface area contributed by atoms with E-state index in [1.807, 2.05) is 6.07 Å². The second-order valence-electron chi connectivity index (χ2n) is 7.00. The lowest BCUT2D eigenvalue weighted by Crippen LogP contribution is -2.18. The first-order chi connectivity index (χ1) is 16.4. The van der Waals surface area contributed by atoms with Crippen LogP contribution < -0.4 is 24.2 Å². The molecule has 3 aromatic rings. The fraction of sp³-hybridized carbons (Fsp3) is 0.318. The molecule has 0 aliphatic carbocycles. The van der Waals surface area contributed by atoms with Gasteiger partial charge in [0.05, 0.1) is 55.8 Å². The molecule has 34 heavy (non-hydrogen) atoms. The average Bonchev–Trinajstić information content (AvgIpc) is 2.83. The van der Waals surface area contributed by atoms with Crippen LogP contribution in [0.5, 0.6) is 17.2 Å². The summed E-state index contributed by atoms with van der Waals surface area (Å²) in [6, 6.07) is 12.1. The number of anilines is 3. The number of aliphatic hydroxyl groups is 1. The number of hydrogen-bond acceptors (Lipinski definition) is 10. The zero-order valence-corrected chi connectivity index (χ0v) is 19.6. The van der Waals surface area contributed by atoms with Crippen molar-refractivity contribution in [2.75, 3.05) is 43.2 Å². The van der Waals surface area contributed by atoms with E-state index < -0.39 is 10.0 Å². The Labute approximate surface area is 197 Å². The highest BCUT2D eigenvalue weighted by atomic mass is 32.2. The molecule has 0 atom stereocenters. The summed E-state index contributed by atoms with van der Waals surface area (Å²) in [5, 5.41) is 21.0. The molecule has 12 heteroatoms. The summed E-state index contributed by atoms with van der Waals surface area (Å²) < 4.78 is 44.0. The van der Waals surface area contributed by atoms with Gasteiger partial charge in [-0.25, -0.2) is 18.4 Å². The number of hydrogen-bond donors (Lipinski definition) is 3. The van der Waals surface area contributed by atoms with E-state index in [1.165, 1.54) is 14.2 Å². The summed E-state index contributed by atoms with van der Waals surface area (Å²) in [5.74, 6) is 0.828. The van der Waals surface area contributed by atoms with E-state index in [4.69, 9.17) is 24.6 Å². The highest BCUT2D eigenvalue weighted by molar-refractivity contribution is 7.92. The van der Waals surface area contributed by atoms with Crippen LogP contribution in [0.4, 0.5) is 17.3 Å². The minimum atomic E-state index is -3.86. The van der Waals surface area contributed by atoms with Crippen molar-refractivity contribution in [3.63, 3.8) is 0 Å². The Morgan fingerprint density at radius 1 is 1.09 bits per heavy atom. The maximum Gasteiger partial charge on any atom is 0.234 e. The second kappa shape index (κ2) is 11.4. The van der Waals surface area contributed by atoms with E-state index in [1.54, 1.807) is 36.4 Å². The van der Waals surface area contributed by atoms with Crippen LogP contribution in [0.25, 0.3) is 11.0 Å². The zero-order chi connectivity index (χ0) is 24.6. The van der Waals surface area contributed by atoms with Gasteiger partial charge in [-0.15, -0.1) is 0 Å². The highest BCUT2D eigenvalue weighted by Gasteiger charge is 2.20. The van der Waals surface area contributed by atoms with Gasteiger partial charge in [0, 0.05) is 25.2 Å². The molecule has 0 unspecified atom stereocenters. The van der Waals surface area contributed by atoms with Crippen molar-refractivity contribution in [2.24, 2.45) is 0 Å². The highest BCUT2D eigenvalue weighted by Crippen LogP contribution is 2.41. The van der Waals surface area contributed by atoms with Crippen LogP contribution in [0, 0.1) is 11.3 Å². The fourth-order valence-electron chi connectivity index (χ4n) is 2.99. The SMILES string of the molecule is COc1cc(Nc2nc3ccccc3nc2NS(=O)(=O)CCC#N)c(OCCCO)c(OC)c1. The molecule has 0 aliphatic rings. The third kappa shape index (κ3) is 6.15. The minimum absolute atomic E-state index is 0.0419. The van der Waals surface area contributed by atoms with E-state index in [9.17, 15) is 8.42 Å². The van der Waals surface area contributed by atoms with Crippen LogP contribution in [-0.2, 0) is 10.0 Å². The first-order valence-electron chi connectivity index (χ1n) is 10.3. The number of aromatic nitrogens is 2. The maximum atomic E-state index is 12.5. The second-order valence-corrected chi connectivity index (χ2v) is 8.84. The maximum absolute atomic E-state index is 12.5. The van der Waals surface area contributed by atoms with Gasteiger partial charge in [0.15, 0.2) is 23.1 Å². The Hall–Kier alpha value is -3.82. The summed E-state index contributed by atoms with van der Waals surface area (Å²) >= 11 is 0. The van der Waals surface area contributed by atoms with E-state index in [-0.39, 0.29) is 37.0 Å². The molecule has 0 aliphatic heterocycles. The van der Waals surface area contributed by atoms with Crippen molar-refractivity contribution in [3.8, 4) is 23.3 Å². The Morgan fingerprint density at radius 3 is 2.41 bits per heavy atom. The van der Waals surface area contributed by atoms with Crippen LogP contribution in [0.3, 0.4) is 0 Å². The molecule has 3 N–H and O–H groups in total. The summed E-state index contributed by atoms with van der Waals surface area (Å²) in [6.45, 7) is 0.164. The Balaban J connectivity index is 2.10. The number of rotatable bonds is 12. The molecule has 0 spiro atoms. The van der Waals surface area contributed by atoms with Gasteiger partial charge in [-0.05, 0) is 12.1 Å². The quantitative estimate of drug-likeness (QED) is 0.325. The topological polar surface area (TPSA) is 156 Å². The van der Waals surface area contributed by atoms with Gasteiger partial charge >= 0.3 is 0 Å². The molecule has 0 radical (unpaired) electrons. The number of fused-ring (bicyclic) bond motifs is 1. The number of nitrogens with one attached hydrogen (secondary N) is 2. The smallest absolute Gasteiger partial charge is 0.234 e. The molecule has 11 nitrogen and oxygen atoms in total. The molecule has 3 rings (SSSR count). The van der Waals surface area contributed by atoms with Crippen LogP contribution in [0.2, 0.25) is 0 Å². The molecule has 1 heterocycles. The van der Waals surface area contributed by atoms with Gasteiger partial charge in [0.1, 0.15) is 5.75 Å². The molecule has 2 aromatic carbocycles. The van der Waals surface area contributed by atoms with Gasteiger partial charge in [0.2, 0.25) is 10.0 Å². The van der Waals surface area contributed by atoms with Crippen molar-refractivity contribution in [1.82, 2.24) is 9.97 Å². The molecule has 0 amide bonds. The first kappa shape index (κ1) is 24.8. The molecule has 180 valence electrons. The van der Waals surface area contributed by atoms with Gasteiger partial charge in [-0.2, -0.15) is 5.26 Å². The number of aliphatic hydroxyl groups excluding tert-OH is 1. The minimum Gasteiger partial charge on any atom is -0.497 e. The lowest BCUT2D eigenvalue weighted by molar-refractivity contribution is 0.228. The van der Waals surface area contributed by atoms with E-state index in [0.717, 1.165) is 0 Å². The van der Waals surface area contributed by atoms with Crippen LogP contribution in [0.15, 0.2) is 36.4 Å². The normalized spacial score (nSPS) is 11.0. The van der Waals surface area contributed by atoms with Crippen LogP contribution >= 0.6 is 0 Å². The number of nitriles is 1. The standard InChI is InChI=1S/C22H25N5O6S/c1-31-15-13-18(20(19(14-15)32-2)33-11-6-10-28)26-21-22(27-34(29,30)12-5-9-23)25-17-8-4-3-7-16(17)24-21/h3-4,7-8,13-14,28H,5-6,10-12H2,1-2H3,(H,24,26)(H,25,27). The van der Waals surface area contributed by atoms with Gasteiger partial charge < -0.3 is 24.6 Å². The summed E-state index contributed by atoms with van der Waals surface area (Å²) in [5.41, 5.74) is 1.40. The zero-order valence-electron chi connectivity index (χ0n) is 18.7. The molecule has 0 bridgehead atoms. The number of nitrogens with zero attached hydrogens (tertiary/aromatic N) is 3. The Bertz CT molecular complexity index is 1290. The third-order valence-electron chi connectivity index (χ3n) is 4.59. The van der Waals surface area contributed by atoms with Crippen LogP contribution in [-0.4, -0.2) is 56.7 Å². The van der Waals surface area contributed by atoms with E-state index in [2.05, 4.69) is 20.0 Å². The molecule has 1 aromatic heterocycles. The molecular formula is C22H25N5O6S. The lowest BCUT2D eigenvalue weighted by atomic mass is 10.2. The van der Waals surface area contributed by atoms with Gasteiger partial charge in [0.25, 0.3) is 0 Å². The van der Waals surface area contributed by atoms with Crippen molar-refractivity contribution >= 4 is 38.4 Å². The Kier molecular flexibility index (Phi) is 8.29. The van der Waals surface area contributed by atoms with Crippen molar-refractivity contribution in [1.29, 1.82) is 5.26 Å². The summed E-state index contributed by atoms with van der Waals surface area (Å²) in [7, 11) is -0.887. The Morgan fingerprint density at radius 2 is 1.79 bits per heavy atom. The molecule has 0 fully saturated rings. The fourth-order valence-corrected chi connectivity index (χ4v) is 3.89. The predicted molar refractivity (Wildman–Crippen MR) is 127 cm³/mol.